The minimum absolute atomic E-state index is 0.609. The molecule has 9 N–H and O–H groups in total. The Balaban J connectivity index is 1.91. The zero-order chi connectivity index (χ0) is 26.2. The van der Waals surface area contributed by atoms with E-state index in [4.69, 9.17) is 23.7 Å². The zero-order valence-electron chi connectivity index (χ0n) is 19.4. The zero-order valence-corrected chi connectivity index (χ0v) is 19.4. The molecular weight excluding hydrogens is 478 g/mol. The molecule has 0 aromatic heterocycles. The number of rotatable bonds is 6. The lowest BCUT2D eigenvalue weighted by atomic mass is 9.94. The summed E-state index contributed by atoms with van der Waals surface area (Å²) in [6.07, 6.45) is -20.6. The molecule has 3 heterocycles. The average molecular weight is 513 g/mol. The van der Waals surface area contributed by atoms with E-state index in [9.17, 15) is 45.6 Å². The van der Waals surface area contributed by atoms with E-state index >= 15 is 0 Å². The molecule has 204 valence electrons. The van der Waals surface area contributed by atoms with Gasteiger partial charge in [-0.2, -0.15) is 0 Å². The van der Waals surface area contributed by atoms with E-state index in [-0.39, 0.29) is 0 Å². The van der Waals surface area contributed by atoms with Gasteiger partial charge in [-0.15, -0.1) is 0 Å². The maximum atomic E-state index is 11.8. The van der Waals surface area contributed by atoms with E-state index in [1.54, 1.807) is 0 Å². The van der Waals surface area contributed by atoms with E-state index in [2.05, 4.69) is 5.32 Å². The van der Waals surface area contributed by atoms with Crippen LogP contribution in [-0.2, 0) is 28.5 Å². The van der Waals surface area contributed by atoms with Crippen LogP contribution in [0.4, 0.5) is 0 Å². The van der Waals surface area contributed by atoms with Crippen molar-refractivity contribution in [1.29, 1.82) is 0 Å². The average Bonchev–Trinajstić information content (AvgIpc) is 2.81. The lowest BCUT2D eigenvalue weighted by Crippen LogP contribution is -2.69. The fourth-order valence-electron chi connectivity index (χ4n) is 4.34. The van der Waals surface area contributed by atoms with Gasteiger partial charge in [0.15, 0.2) is 18.9 Å². The third-order valence-corrected chi connectivity index (χ3v) is 6.41. The van der Waals surface area contributed by atoms with Crippen LogP contribution in [0.2, 0.25) is 0 Å². The van der Waals surface area contributed by atoms with Gasteiger partial charge in [0, 0.05) is 6.92 Å². The SMILES string of the molecule is CC(=O)N[C@H]1C(O)O[C@H](CO)[C@@H](O[C@@H]2O[C@@H](C)[C@@H](O)[C@@H](O)[C@@H]2O)[C@@H]1O[C@@H]1O[C@@H](C)[C@@H](O)[C@@H](O)[C@@H]1O. The van der Waals surface area contributed by atoms with Crippen LogP contribution in [0.1, 0.15) is 20.8 Å². The molecule has 35 heavy (non-hydrogen) atoms. The molecule has 0 aliphatic carbocycles. The summed E-state index contributed by atoms with van der Waals surface area (Å²) in [6.45, 7) is 3.27. The van der Waals surface area contributed by atoms with Gasteiger partial charge in [-0.3, -0.25) is 4.79 Å². The topological polar surface area (TPSA) is 237 Å². The molecule has 0 radical (unpaired) electrons. The van der Waals surface area contributed by atoms with Crippen molar-refractivity contribution in [2.45, 2.75) is 113 Å². The van der Waals surface area contributed by atoms with Gasteiger partial charge >= 0.3 is 0 Å². The van der Waals surface area contributed by atoms with Crippen LogP contribution in [0.15, 0.2) is 0 Å². The molecule has 3 saturated heterocycles. The summed E-state index contributed by atoms with van der Waals surface area (Å²) < 4.78 is 27.9. The first-order chi connectivity index (χ1) is 16.4. The summed E-state index contributed by atoms with van der Waals surface area (Å²) in [6, 6.07) is -1.36. The fraction of sp³-hybridized carbons (Fsp3) is 0.950. The Hall–Kier alpha value is -1.05. The molecule has 15 heteroatoms. The molecule has 1 unspecified atom stereocenters. The molecular formula is C20H35NO14. The van der Waals surface area contributed by atoms with Gasteiger partial charge in [-0.25, -0.2) is 0 Å². The Bertz CT molecular complexity index is 715. The Morgan fingerprint density at radius 2 is 1.20 bits per heavy atom. The van der Waals surface area contributed by atoms with Gasteiger partial charge < -0.3 is 69.9 Å². The Kier molecular flexibility index (Phi) is 9.42. The second kappa shape index (κ2) is 11.6. The van der Waals surface area contributed by atoms with Crippen LogP contribution in [0.25, 0.3) is 0 Å². The molecule has 15 nitrogen and oxygen atoms in total. The highest BCUT2D eigenvalue weighted by Gasteiger charge is 2.53. The summed E-state index contributed by atoms with van der Waals surface area (Å²) in [5.74, 6) is -0.609. The quantitative estimate of drug-likeness (QED) is 0.161. The number of aliphatic hydroxyl groups excluding tert-OH is 8. The van der Waals surface area contributed by atoms with Gasteiger partial charge in [0.1, 0.15) is 61.0 Å². The minimum Gasteiger partial charge on any atom is -0.394 e. The molecule has 3 fully saturated rings. The third kappa shape index (κ3) is 5.93. The number of hydrogen-bond donors (Lipinski definition) is 9. The summed E-state index contributed by atoms with van der Waals surface area (Å²) >= 11 is 0. The van der Waals surface area contributed by atoms with Crippen LogP contribution < -0.4 is 5.32 Å². The molecule has 3 rings (SSSR count). The van der Waals surface area contributed by atoms with E-state index in [0.29, 0.717) is 0 Å². The van der Waals surface area contributed by atoms with Crippen molar-refractivity contribution < 1.29 is 69.3 Å². The number of nitrogens with one attached hydrogen (secondary N) is 1. The predicted octanol–water partition coefficient (Wildman–Crippen LogP) is -5.37. The van der Waals surface area contributed by atoms with Crippen LogP contribution in [-0.4, -0.2) is 145 Å². The summed E-state index contributed by atoms with van der Waals surface area (Å²) in [7, 11) is 0. The second-order valence-corrected chi connectivity index (χ2v) is 9.04. The van der Waals surface area contributed by atoms with Gasteiger partial charge in [0.2, 0.25) is 5.91 Å². The molecule has 0 aromatic carbocycles. The van der Waals surface area contributed by atoms with Gasteiger partial charge in [-0.05, 0) is 13.8 Å². The van der Waals surface area contributed by atoms with E-state index in [0.717, 1.165) is 6.92 Å². The molecule has 1 amide bonds. The first kappa shape index (κ1) is 28.5. The number of carbonyl (C=O) groups excluding carboxylic acids is 1. The van der Waals surface area contributed by atoms with Crippen molar-refractivity contribution in [3.8, 4) is 0 Å². The molecule has 0 saturated carbocycles. The van der Waals surface area contributed by atoms with Gasteiger partial charge in [0.05, 0.1) is 18.8 Å². The first-order valence-electron chi connectivity index (χ1n) is 11.3. The highest BCUT2D eigenvalue weighted by Crippen LogP contribution is 2.32. The molecule has 0 bridgehead atoms. The Labute approximate surface area is 200 Å². The second-order valence-electron chi connectivity index (χ2n) is 9.04. The van der Waals surface area contributed by atoms with Crippen LogP contribution in [0, 0.1) is 0 Å². The van der Waals surface area contributed by atoms with Gasteiger partial charge in [0.25, 0.3) is 0 Å². The summed E-state index contributed by atoms with van der Waals surface area (Å²) in [5.41, 5.74) is 0. The smallest absolute Gasteiger partial charge is 0.217 e. The van der Waals surface area contributed by atoms with Crippen molar-refractivity contribution in [2.24, 2.45) is 0 Å². The summed E-state index contributed by atoms with van der Waals surface area (Å²) in [4.78, 5) is 11.8. The number of amides is 1. The highest BCUT2D eigenvalue weighted by molar-refractivity contribution is 5.73. The largest absolute Gasteiger partial charge is 0.394 e. The van der Waals surface area contributed by atoms with Gasteiger partial charge in [-0.1, -0.05) is 0 Å². The minimum atomic E-state index is -1.75. The van der Waals surface area contributed by atoms with Crippen molar-refractivity contribution in [3.05, 3.63) is 0 Å². The maximum Gasteiger partial charge on any atom is 0.217 e. The van der Waals surface area contributed by atoms with Crippen molar-refractivity contribution >= 4 is 5.91 Å². The number of hydrogen-bond acceptors (Lipinski definition) is 14. The molecule has 15 atom stereocenters. The van der Waals surface area contributed by atoms with Crippen LogP contribution in [0.3, 0.4) is 0 Å². The number of carbonyl (C=O) groups is 1. The van der Waals surface area contributed by atoms with Crippen molar-refractivity contribution in [2.75, 3.05) is 6.61 Å². The Morgan fingerprint density at radius 3 is 1.63 bits per heavy atom. The predicted molar refractivity (Wildman–Crippen MR) is 110 cm³/mol. The monoisotopic (exact) mass is 513 g/mol. The van der Waals surface area contributed by atoms with E-state index < -0.39 is 105 Å². The fourth-order valence-corrected chi connectivity index (χ4v) is 4.34. The van der Waals surface area contributed by atoms with Crippen molar-refractivity contribution in [1.82, 2.24) is 5.32 Å². The highest BCUT2D eigenvalue weighted by atomic mass is 16.7. The summed E-state index contributed by atoms with van der Waals surface area (Å²) in [5, 5.41) is 83.7. The Morgan fingerprint density at radius 1 is 0.743 bits per heavy atom. The maximum absolute atomic E-state index is 11.8. The number of ether oxygens (including phenoxy) is 5. The van der Waals surface area contributed by atoms with E-state index in [1.807, 2.05) is 0 Å². The molecule has 0 spiro atoms. The molecule has 0 aromatic rings. The van der Waals surface area contributed by atoms with Crippen LogP contribution >= 0.6 is 0 Å². The first-order valence-corrected chi connectivity index (χ1v) is 11.3. The van der Waals surface area contributed by atoms with E-state index in [1.165, 1.54) is 13.8 Å². The number of aliphatic hydroxyl groups is 8. The molecule has 3 aliphatic rings. The van der Waals surface area contributed by atoms with Crippen molar-refractivity contribution in [3.63, 3.8) is 0 Å². The lowest BCUT2D eigenvalue weighted by molar-refractivity contribution is -0.368. The molecule has 3 aliphatic heterocycles. The standard InChI is InChI=1S/C20H35NO14/c1-5-10(24)12(26)14(28)19(31-5)34-16-8(4-22)33-18(30)9(21-7(3)23)17(16)35-20-15(29)13(27)11(25)6(2)32-20/h5-6,8-20,22,24-30H,4H2,1-3H3,(H,21,23)/t5-,6-,8+,9+,10+,11+,12+,13+,14-,15-,16+,17+,18?,19-,20-/m0/s1. The normalized spacial score (nSPS) is 51.1. The van der Waals surface area contributed by atoms with Crippen LogP contribution in [0.5, 0.6) is 0 Å². The lowest BCUT2D eigenvalue weighted by Gasteiger charge is -2.49. The third-order valence-electron chi connectivity index (χ3n) is 6.41.